The van der Waals surface area contributed by atoms with E-state index in [0.29, 0.717) is 17.6 Å². The Morgan fingerprint density at radius 1 is 1.50 bits per heavy atom. The van der Waals surface area contributed by atoms with Gasteiger partial charge in [0.25, 0.3) is 0 Å². The molecule has 0 amide bonds. The Balaban J connectivity index is 2.01. The second-order valence-corrected chi connectivity index (χ2v) is 5.35. The summed E-state index contributed by atoms with van der Waals surface area (Å²) in [6, 6.07) is 2.44. The van der Waals surface area contributed by atoms with Crippen molar-refractivity contribution in [1.29, 1.82) is 5.26 Å². The highest BCUT2D eigenvalue weighted by molar-refractivity contribution is 5.46. The van der Waals surface area contributed by atoms with E-state index in [1.54, 1.807) is 6.20 Å². The van der Waals surface area contributed by atoms with E-state index < -0.39 is 0 Å². The fraction of sp³-hybridized carbons (Fsp3) is 0.615. The van der Waals surface area contributed by atoms with E-state index in [-0.39, 0.29) is 5.41 Å². The number of anilines is 1. The Labute approximate surface area is 108 Å². The lowest BCUT2D eigenvalue weighted by Crippen LogP contribution is -2.50. The lowest BCUT2D eigenvalue weighted by molar-refractivity contribution is 0.188. The Morgan fingerprint density at radius 2 is 2.28 bits per heavy atom. The van der Waals surface area contributed by atoms with Crippen LogP contribution in [0.15, 0.2) is 12.4 Å². The first kappa shape index (κ1) is 12.8. The topological polar surface area (TPSA) is 73.6 Å². The molecule has 0 radical (unpaired) electrons. The summed E-state index contributed by atoms with van der Waals surface area (Å²) >= 11 is 0. The van der Waals surface area contributed by atoms with Crippen LogP contribution in [-0.2, 0) is 0 Å². The predicted molar refractivity (Wildman–Crippen MR) is 70.0 cm³/mol. The van der Waals surface area contributed by atoms with Crippen molar-refractivity contribution in [2.45, 2.75) is 32.7 Å². The van der Waals surface area contributed by atoms with Gasteiger partial charge in [-0.25, -0.2) is 9.97 Å². The number of rotatable bonds is 3. The van der Waals surface area contributed by atoms with E-state index in [1.807, 2.05) is 6.07 Å². The molecule has 0 bridgehead atoms. The van der Waals surface area contributed by atoms with E-state index >= 15 is 0 Å². The Kier molecular flexibility index (Phi) is 3.78. The molecule has 0 aromatic carbocycles. The number of aromatic nitrogens is 2. The third-order valence-corrected chi connectivity index (χ3v) is 3.61. The van der Waals surface area contributed by atoms with Crippen LogP contribution in [0.25, 0.3) is 0 Å². The van der Waals surface area contributed by atoms with Gasteiger partial charge in [-0.1, -0.05) is 13.8 Å². The van der Waals surface area contributed by atoms with Crippen LogP contribution in [0.2, 0.25) is 0 Å². The molecule has 1 saturated heterocycles. The largest absolute Gasteiger partial charge is 0.366 e. The molecule has 96 valence electrons. The van der Waals surface area contributed by atoms with Crippen molar-refractivity contribution < 1.29 is 0 Å². The molecule has 2 rings (SSSR count). The third kappa shape index (κ3) is 2.77. The highest BCUT2D eigenvalue weighted by Crippen LogP contribution is 2.30. The fourth-order valence-electron chi connectivity index (χ4n) is 2.37. The highest BCUT2D eigenvalue weighted by Gasteiger charge is 2.31. The second-order valence-electron chi connectivity index (χ2n) is 5.35. The van der Waals surface area contributed by atoms with Gasteiger partial charge in [-0.05, 0) is 24.8 Å². The van der Waals surface area contributed by atoms with Crippen LogP contribution < -0.4 is 10.6 Å². The molecule has 0 spiro atoms. The molecule has 2 N–H and O–H groups in total. The van der Waals surface area contributed by atoms with Crippen LogP contribution in [-0.4, -0.2) is 29.1 Å². The van der Waals surface area contributed by atoms with Crippen molar-refractivity contribution in [3.05, 3.63) is 18.1 Å². The van der Waals surface area contributed by atoms with Gasteiger partial charge >= 0.3 is 0 Å². The van der Waals surface area contributed by atoms with Crippen molar-refractivity contribution in [2.75, 3.05) is 18.4 Å². The molecule has 1 fully saturated rings. The highest BCUT2D eigenvalue weighted by atomic mass is 15.1. The van der Waals surface area contributed by atoms with Gasteiger partial charge in [0.15, 0.2) is 11.5 Å². The third-order valence-electron chi connectivity index (χ3n) is 3.61. The normalized spacial score (nSPS) is 22.2. The summed E-state index contributed by atoms with van der Waals surface area (Å²) in [7, 11) is 0. The van der Waals surface area contributed by atoms with Gasteiger partial charge < -0.3 is 10.6 Å². The van der Waals surface area contributed by atoms with Gasteiger partial charge in [-0.15, -0.1) is 0 Å². The summed E-state index contributed by atoms with van der Waals surface area (Å²) in [6.07, 6.45) is 5.57. The minimum absolute atomic E-state index is 0.264. The van der Waals surface area contributed by atoms with Crippen LogP contribution in [0, 0.1) is 16.7 Å². The van der Waals surface area contributed by atoms with Crippen molar-refractivity contribution in [3.8, 4) is 6.07 Å². The van der Waals surface area contributed by atoms with E-state index in [4.69, 9.17) is 5.26 Å². The average molecular weight is 245 g/mol. The minimum atomic E-state index is 0.264. The van der Waals surface area contributed by atoms with Crippen LogP contribution in [0.4, 0.5) is 5.82 Å². The van der Waals surface area contributed by atoms with Crippen molar-refractivity contribution in [1.82, 2.24) is 15.3 Å². The monoisotopic (exact) mass is 245 g/mol. The maximum Gasteiger partial charge on any atom is 0.182 e. The molecule has 5 nitrogen and oxygen atoms in total. The molecule has 0 saturated carbocycles. The molecular formula is C13H19N5. The number of hydrogen-bond acceptors (Lipinski definition) is 5. The zero-order chi connectivity index (χ0) is 13.0. The number of nitrogens with zero attached hydrogens (tertiary/aromatic N) is 3. The van der Waals surface area contributed by atoms with Gasteiger partial charge in [0, 0.05) is 25.0 Å². The van der Waals surface area contributed by atoms with Crippen LogP contribution in [0.1, 0.15) is 32.4 Å². The molecule has 0 aliphatic carbocycles. The summed E-state index contributed by atoms with van der Waals surface area (Å²) in [5.41, 5.74) is 0.617. The summed E-state index contributed by atoms with van der Waals surface area (Å²) in [5, 5.41) is 15.7. The van der Waals surface area contributed by atoms with Gasteiger partial charge in [-0.3, -0.25) is 0 Å². The molecule has 1 aliphatic heterocycles. The Morgan fingerprint density at radius 3 is 3.00 bits per heavy atom. The smallest absolute Gasteiger partial charge is 0.182 e. The minimum Gasteiger partial charge on any atom is -0.366 e. The number of nitriles is 1. The quantitative estimate of drug-likeness (QED) is 0.845. The van der Waals surface area contributed by atoms with Gasteiger partial charge in [0.05, 0.1) is 0 Å². The summed E-state index contributed by atoms with van der Waals surface area (Å²) in [5.74, 6) is 0.572. The lowest BCUT2D eigenvalue weighted by atomic mass is 9.77. The molecule has 1 atom stereocenters. The molecule has 2 heterocycles. The van der Waals surface area contributed by atoms with Crippen LogP contribution in [0.3, 0.4) is 0 Å². The molecule has 1 aliphatic rings. The zero-order valence-electron chi connectivity index (χ0n) is 10.9. The van der Waals surface area contributed by atoms with Crippen molar-refractivity contribution in [2.24, 2.45) is 5.41 Å². The molecule has 1 aromatic heterocycles. The van der Waals surface area contributed by atoms with E-state index in [1.165, 1.54) is 19.0 Å². The molecule has 5 heteroatoms. The maximum absolute atomic E-state index is 8.95. The first-order valence-corrected chi connectivity index (χ1v) is 6.32. The first-order chi connectivity index (χ1) is 8.63. The summed E-state index contributed by atoms with van der Waals surface area (Å²) in [6.45, 7) is 6.36. The van der Waals surface area contributed by atoms with Gasteiger partial charge in [0.2, 0.25) is 0 Å². The van der Waals surface area contributed by atoms with Crippen LogP contribution >= 0.6 is 0 Å². The van der Waals surface area contributed by atoms with Gasteiger partial charge in [-0.2, -0.15) is 5.26 Å². The van der Waals surface area contributed by atoms with Crippen molar-refractivity contribution in [3.63, 3.8) is 0 Å². The fourth-order valence-corrected chi connectivity index (χ4v) is 2.37. The Hall–Kier alpha value is -1.67. The van der Waals surface area contributed by atoms with E-state index in [2.05, 4.69) is 34.4 Å². The molecule has 1 aromatic rings. The molecular weight excluding hydrogens is 226 g/mol. The zero-order valence-corrected chi connectivity index (χ0v) is 10.9. The number of piperidine rings is 1. The average Bonchev–Trinajstić information content (AvgIpc) is 2.37. The molecule has 1 unspecified atom stereocenters. The predicted octanol–water partition coefficient (Wildman–Crippen LogP) is 1.54. The standard InChI is InChI=1S/C13H19N5/c1-13(2)4-3-5-16-11(13)9-18-12-10(8-14)15-6-7-17-12/h6-7,11,16H,3-5,9H2,1-2H3,(H,17,18). The second kappa shape index (κ2) is 5.32. The van der Waals surface area contributed by atoms with Crippen molar-refractivity contribution >= 4 is 5.82 Å². The summed E-state index contributed by atoms with van der Waals surface area (Å²) in [4.78, 5) is 8.15. The van der Waals surface area contributed by atoms with Gasteiger partial charge in [0.1, 0.15) is 6.07 Å². The SMILES string of the molecule is CC1(C)CCCNC1CNc1nccnc1C#N. The van der Waals surface area contributed by atoms with Crippen LogP contribution in [0.5, 0.6) is 0 Å². The molecule has 18 heavy (non-hydrogen) atoms. The summed E-state index contributed by atoms with van der Waals surface area (Å²) < 4.78 is 0. The van der Waals surface area contributed by atoms with E-state index in [9.17, 15) is 0 Å². The number of hydrogen-bond donors (Lipinski definition) is 2. The number of nitrogens with one attached hydrogen (secondary N) is 2. The lowest BCUT2D eigenvalue weighted by Gasteiger charge is -2.39. The first-order valence-electron chi connectivity index (χ1n) is 6.32. The van der Waals surface area contributed by atoms with E-state index in [0.717, 1.165) is 13.1 Å². The Bertz CT molecular complexity index is 449. The maximum atomic E-state index is 8.95.